The molecule has 5 heteroatoms. The van der Waals surface area contributed by atoms with Gasteiger partial charge in [-0.15, -0.1) is 0 Å². The quantitative estimate of drug-likeness (QED) is 0.178. The molecule has 0 fully saturated rings. The molecule has 0 saturated heterocycles. The van der Waals surface area contributed by atoms with Crippen LogP contribution in [0, 0.1) is 6.92 Å². The number of para-hydroxylation sites is 3. The van der Waals surface area contributed by atoms with E-state index in [9.17, 15) is 0 Å². The fraction of sp³-hybridized carbons (Fsp3) is 0.273. The standard InChI is InChI=1S/C66H67BN4/c1-40-49(41-23-25-42(26-24-41)62-68-54-21-17-18-22-57(54)70(62)47-19-15-14-16-20-47)39-58-60-59(40)52-37-46(66(11,12)13)36-51-50-35-44(64(5,6)7)29-33-55(50)71(61(51)52)67(60)53-38-45(65(8,9)10)30-34-56(53)69(58)48-31-27-43(28-32-48)63(2,3)4/h14-39,62,68H,1-13H3. The third-order valence-electron chi connectivity index (χ3n) is 16.0. The predicted molar refractivity (Wildman–Crippen MR) is 306 cm³/mol. The average molecular weight is 927 g/mol. The molecule has 9 aromatic rings. The second kappa shape index (κ2) is 15.5. The van der Waals surface area contributed by atoms with Gasteiger partial charge in [-0.3, -0.25) is 0 Å². The third-order valence-corrected chi connectivity index (χ3v) is 16.0. The van der Waals surface area contributed by atoms with Crippen LogP contribution < -0.4 is 26.0 Å². The maximum absolute atomic E-state index is 3.88. The maximum atomic E-state index is 3.88. The highest BCUT2D eigenvalue weighted by Gasteiger charge is 2.45. The van der Waals surface area contributed by atoms with Crippen LogP contribution in [0.25, 0.3) is 44.1 Å². The maximum Gasteiger partial charge on any atom is 0.333 e. The molecule has 354 valence electrons. The first kappa shape index (κ1) is 45.2. The van der Waals surface area contributed by atoms with Crippen LogP contribution in [0.4, 0.5) is 34.1 Å². The van der Waals surface area contributed by atoms with Crippen LogP contribution in [-0.4, -0.2) is 11.3 Å². The first-order valence-electron chi connectivity index (χ1n) is 25.8. The van der Waals surface area contributed by atoms with Crippen molar-refractivity contribution >= 4 is 73.7 Å². The van der Waals surface area contributed by atoms with E-state index < -0.39 is 0 Å². The molecule has 0 bridgehead atoms. The van der Waals surface area contributed by atoms with E-state index in [2.05, 4.69) is 267 Å². The Morgan fingerprint density at radius 1 is 0.479 bits per heavy atom. The zero-order valence-electron chi connectivity index (χ0n) is 44.0. The van der Waals surface area contributed by atoms with Gasteiger partial charge in [0.25, 0.3) is 0 Å². The van der Waals surface area contributed by atoms with Crippen LogP contribution >= 0.6 is 0 Å². The molecule has 1 aromatic heterocycles. The molecule has 1 unspecified atom stereocenters. The lowest BCUT2D eigenvalue weighted by Crippen LogP contribution is -2.57. The van der Waals surface area contributed by atoms with Crippen molar-refractivity contribution in [3.63, 3.8) is 0 Å². The molecule has 0 spiro atoms. The summed E-state index contributed by atoms with van der Waals surface area (Å²) in [5.74, 6) is 0. The predicted octanol–water partition coefficient (Wildman–Crippen LogP) is 16.6. The molecule has 3 aliphatic rings. The average Bonchev–Trinajstić information content (AvgIpc) is 3.88. The van der Waals surface area contributed by atoms with Crippen molar-refractivity contribution in [3.05, 3.63) is 191 Å². The SMILES string of the molecule is Cc1c(-c2ccc(C3Nc4ccccc4N3c3ccccc3)cc2)cc2c3c1-c1cc(C(C)(C)C)cc4c5cc(C(C)(C)C)ccc5n(c14)B3c1cc(C(C)(C)C)ccc1N2c1ccc(C(C)(C)C)cc1. The minimum Gasteiger partial charge on any atom is -0.375 e. The molecule has 4 heterocycles. The summed E-state index contributed by atoms with van der Waals surface area (Å²) in [5, 5.41) is 6.56. The molecule has 0 aliphatic carbocycles. The van der Waals surface area contributed by atoms with Gasteiger partial charge in [0.05, 0.1) is 11.4 Å². The summed E-state index contributed by atoms with van der Waals surface area (Å²) in [7, 11) is 0. The van der Waals surface area contributed by atoms with Crippen molar-refractivity contribution < 1.29 is 0 Å². The summed E-state index contributed by atoms with van der Waals surface area (Å²) in [6.45, 7) is 30.5. The lowest BCUT2D eigenvalue weighted by molar-refractivity contribution is 0.590. The Morgan fingerprint density at radius 2 is 1.08 bits per heavy atom. The molecule has 0 radical (unpaired) electrons. The van der Waals surface area contributed by atoms with Gasteiger partial charge < -0.3 is 19.6 Å². The minimum atomic E-state index is -0.0738. The van der Waals surface area contributed by atoms with Gasteiger partial charge in [0.2, 0.25) is 0 Å². The Morgan fingerprint density at radius 3 is 1.76 bits per heavy atom. The highest BCUT2D eigenvalue weighted by atomic mass is 15.3. The molecule has 3 aliphatic heterocycles. The first-order chi connectivity index (χ1) is 33.7. The van der Waals surface area contributed by atoms with E-state index in [0.29, 0.717) is 0 Å². The Hall–Kier alpha value is -6.98. The molecular formula is C66H67BN4. The molecule has 12 rings (SSSR count). The van der Waals surface area contributed by atoms with E-state index in [1.807, 2.05) is 0 Å². The molecule has 1 N–H and O–H groups in total. The van der Waals surface area contributed by atoms with E-state index >= 15 is 0 Å². The second-order valence-corrected chi connectivity index (χ2v) is 24.8. The monoisotopic (exact) mass is 927 g/mol. The lowest BCUT2D eigenvalue weighted by atomic mass is 9.44. The van der Waals surface area contributed by atoms with Gasteiger partial charge in [0.15, 0.2) is 0 Å². The highest BCUT2D eigenvalue weighted by molar-refractivity contribution is 6.90. The van der Waals surface area contributed by atoms with E-state index in [1.165, 1.54) is 117 Å². The minimum absolute atomic E-state index is 0.00413. The number of hydrogen-bond acceptors (Lipinski definition) is 3. The van der Waals surface area contributed by atoms with Crippen LogP contribution in [0.15, 0.2) is 158 Å². The lowest BCUT2D eigenvalue weighted by Gasteiger charge is -2.42. The van der Waals surface area contributed by atoms with Crippen molar-refractivity contribution in [2.24, 2.45) is 0 Å². The fourth-order valence-corrected chi connectivity index (χ4v) is 11.9. The number of nitrogens with one attached hydrogen (secondary N) is 1. The van der Waals surface area contributed by atoms with Crippen LogP contribution in [0.3, 0.4) is 0 Å². The zero-order chi connectivity index (χ0) is 49.7. The summed E-state index contributed by atoms with van der Waals surface area (Å²) in [6.07, 6.45) is -0.0504. The number of benzene rings is 8. The topological polar surface area (TPSA) is 23.4 Å². The van der Waals surface area contributed by atoms with Crippen LogP contribution in [0.1, 0.15) is 123 Å². The molecule has 1 atom stereocenters. The van der Waals surface area contributed by atoms with Crippen LogP contribution in [0.2, 0.25) is 0 Å². The Labute approximate surface area is 422 Å². The van der Waals surface area contributed by atoms with Gasteiger partial charge in [0.1, 0.15) is 6.17 Å². The van der Waals surface area contributed by atoms with Gasteiger partial charge >= 0.3 is 6.85 Å². The van der Waals surface area contributed by atoms with Gasteiger partial charge in [-0.1, -0.05) is 168 Å². The number of nitrogens with zero attached hydrogens (tertiary/aromatic N) is 3. The van der Waals surface area contributed by atoms with E-state index in [1.54, 1.807) is 0 Å². The van der Waals surface area contributed by atoms with Gasteiger partial charge in [0, 0.05) is 50.1 Å². The largest absolute Gasteiger partial charge is 0.375 e. The summed E-state index contributed by atoms with van der Waals surface area (Å²) in [4.78, 5) is 5.03. The normalized spacial score (nSPS) is 15.3. The second-order valence-electron chi connectivity index (χ2n) is 24.8. The van der Waals surface area contributed by atoms with Crippen molar-refractivity contribution in [3.8, 4) is 22.3 Å². The van der Waals surface area contributed by atoms with Crippen molar-refractivity contribution in [2.45, 2.75) is 118 Å². The number of hydrogen-bond donors (Lipinski definition) is 1. The number of anilines is 6. The molecule has 8 aromatic carbocycles. The zero-order valence-corrected chi connectivity index (χ0v) is 44.0. The molecular weight excluding hydrogens is 860 g/mol. The Kier molecular flexibility index (Phi) is 9.87. The number of fused-ring (bicyclic) bond motifs is 8. The highest BCUT2D eigenvalue weighted by Crippen LogP contribution is 2.51. The molecule has 0 saturated carbocycles. The van der Waals surface area contributed by atoms with Crippen molar-refractivity contribution in [1.29, 1.82) is 0 Å². The van der Waals surface area contributed by atoms with E-state index in [0.717, 1.165) is 5.69 Å². The number of rotatable bonds is 4. The Bertz CT molecular complexity index is 3610. The van der Waals surface area contributed by atoms with Crippen molar-refractivity contribution in [1.82, 2.24) is 4.48 Å². The van der Waals surface area contributed by atoms with Gasteiger partial charge in [-0.05, 0) is 162 Å². The smallest absolute Gasteiger partial charge is 0.333 e. The van der Waals surface area contributed by atoms with Crippen LogP contribution in [-0.2, 0) is 21.7 Å². The summed E-state index contributed by atoms with van der Waals surface area (Å²) >= 11 is 0. The molecule has 0 amide bonds. The van der Waals surface area contributed by atoms with E-state index in [-0.39, 0.29) is 34.7 Å². The third kappa shape index (κ3) is 7.08. The molecule has 71 heavy (non-hydrogen) atoms. The summed E-state index contributed by atoms with van der Waals surface area (Å²) in [6, 6.07) is 60.6. The molecule has 4 nitrogen and oxygen atoms in total. The van der Waals surface area contributed by atoms with Gasteiger partial charge in [-0.25, -0.2) is 0 Å². The van der Waals surface area contributed by atoms with Crippen LogP contribution in [0.5, 0.6) is 0 Å². The van der Waals surface area contributed by atoms with Gasteiger partial charge in [-0.2, -0.15) is 0 Å². The van der Waals surface area contributed by atoms with Crippen molar-refractivity contribution in [2.75, 3.05) is 15.1 Å². The summed E-state index contributed by atoms with van der Waals surface area (Å²) < 4.78 is 2.75. The first-order valence-corrected chi connectivity index (χ1v) is 25.8. The number of aromatic nitrogens is 1. The summed E-state index contributed by atoms with van der Waals surface area (Å²) in [5.41, 5.74) is 25.5. The Balaban J connectivity index is 1.15. The fourth-order valence-electron chi connectivity index (χ4n) is 11.9. The van der Waals surface area contributed by atoms with E-state index in [4.69, 9.17) is 0 Å².